The number of hydrogen-bond acceptors (Lipinski definition) is 6. The minimum absolute atomic E-state index is 0.147. The molecule has 1 aromatic heterocycles. The van der Waals surface area contributed by atoms with Crippen LogP contribution in [-0.4, -0.2) is 60.7 Å². The molecule has 0 bridgehead atoms. The van der Waals surface area contributed by atoms with E-state index < -0.39 is 0 Å². The number of hydrogen-bond donors (Lipinski definition) is 1. The fraction of sp³-hybridized carbons (Fsp3) is 0.545. The van der Waals surface area contributed by atoms with Crippen molar-refractivity contribution in [3.8, 4) is 11.4 Å². The van der Waals surface area contributed by atoms with Crippen LogP contribution in [0.2, 0.25) is 5.02 Å². The third-order valence-corrected chi connectivity index (χ3v) is 6.17. The Labute approximate surface area is 181 Å². The van der Waals surface area contributed by atoms with E-state index in [0.717, 1.165) is 57.7 Å². The minimum Gasteiger partial charge on any atom is -0.490 e. The fourth-order valence-corrected chi connectivity index (χ4v) is 4.12. The molecule has 2 aromatic rings. The van der Waals surface area contributed by atoms with Gasteiger partial charge in [-0.1, -0.05) is 11.6 Å². The minimum atomic E-state index is -0.342. The average molecular weight is 433 g/mol. The van der Waals surface area contributed by atoms with Crippen LogP contribution < -0.4 is 15.6 Å². The summed E-state index contributed by atoms with van der Waals surface area (Å²) in [6.45, 7) is 4.38. The maximum atomic E-state index is 12.7. The summed E-state index contributed by atoms with van der Waals surface area (Å²) in [6, 6.07) is 7.43. The summed E-state index contributed by atoms with van der Waals surface area (Å²) >= 11 is 6.34. The molecular weight excluding hydrogens is 404 g/mol. The van der Waals surface area contributed by atoms with Gasteiger partial charge in [0, 0.05) is 26.2 Å². The summed E-state index contributed by atoms with van der Waals surface area (Å²) in [5.41, 5.74) is 0.876. The number of likely N-dealkylation sites (tertiary alicyclic amines) is 1. The summed E-state index contributed by atoms with van der Waals surface area (Å²) < 4.78 is 12.9. The molecule has 0 aliphatic carbocycles. The van der Waals surface area contributed by atoms with Crippen LogP contribution in [0.4, 0.5) is 5.69 Å². The topological polar surface area (TPSA) is 68.6 Å². The predicted octanol–water partition coefficient (Wildman–Crippen LogP) is 3.20. The van der Waals surface area contributed by atoms with E-state index in [0.29, 0.717) is 23.8 Å². The first-order valence-electron chi connectivity index (χ1n) is 10.7. The largest absolute Gasteiger partial charge is 0.490 e. The van der Waals surface area contributed by atoms with Crippen molar-refractivity contribution in [1.82, 2.24) is 14.7 Å². The molecule has 1 N–H and O–H groups in total. The van der Waals surface area contributed by atoms with E-state index in [1.54, 1.807) is 6.20 Å². The molecule has 0 amide bonds. The highest BCUT2D eigenvalue weighted by Gasteiger charge is 2.19. The molecule has 8 heteroatoms. The molecule has 2 fully saturated rings. The van der Waals surface area contributed by atoms with E-state index in [4.69, 9.17) is 21.1 Å². The highest BCUT2D eigenvalue weighted by molar-refractivity contribution is 6.32. The smallest absolute Gasteiger partial charge is 0.292 e. The molecule has 2 saturated heterocycles. The van der Waals surface area contributed by atoms with Crippen molar-refractivity contribution in [3.63, 3.8) is 0 Å². The van der Waals surface area contributed by atoms with Gasteiger partial charge < -0.3 is 19.7 Å². The van der Waals surface area contributed by atoms with Crippen LogP contribution in [0.3, 0.4) is 0 Å². The SMILES string of the molecule is CN1CCC(Oc2ccc(-n3ncc(NC[C@@H]4CCCOC4)c(Cl)c3=O)cc2)CC1. The third-order valence-electron chi connectivity index (χ3n) is 5.80. The Morgan fingerprint density at radius 1 is 1.23 bits per heavy atom. The number of benzene rings is 1. The quantitative estimate of drug-likeness (QED) is 0.756. The molecule has 0 saturated carbocycles. The molecule has 3 heterocycles. The molecule has 30 heavy (non-hydrogen) atoms. The van der Waals surface area contributed by atoms with Crippen LogP contribution in [0.1, 0.15) is 25.7 Å². The van der Waals surface area contributed by atoms with Crippen molar-refractivity contribution >= 4 is 17.3 Å². The van der Waals surface area contributed by atoms with E-state index in [-0.39, 0.29) is 16.7 Å². The zero-order valence-corrected chi connectivity index (χ0v) is 18.1. The first-order chi connectivity index (χ1) is 14.6. The van der Waals surface area contributed by atoms with E-state index in [2.05, 4.69) is 22.4 Å². The lowest BCUT2D eigenvalue weighted by Crippen LogP contribution is -2.35. The van der Waals surface area contributed by atoms with Gasteiger partial charge in [-0.3, -0.25) is 4.79 Å². The third kappa shape index (κ3) is 5.14. The monoisotopic (exact) mass is 432 g/mol. The lowest BCUT2D eigenvalue weighted by Gasteiger charge is -2.29. The number of nitrogens with zero attached hydrogens (tertiary/aromatic N) is 3. The molecular formula is C22H29ClN4O3. The summed E-state index contributed by atoms with van der Waals surface area (Å²) in [5.74, 6) is 1.23. The summed E-state index contributed by atoms with van der Waals surface area (Å²) in [5, 5.41) is 7.70. The van der Waals surface area contributed by atoms with Gasteiger partial charge in [0.25, 0.3) is 5.56 Å². The zero-order valence-electron chi connectivity index (χ0n) is 17.3. The Kier molecular flexibility index (Phi) is 6.92. The Balaban J connectivity index is 1.40. The van der Waals surface area contributed by atoms with Gasteiger partial charge >= 0.3 is 0 Å². The Morgan fingerprint density at radius 3 is 2.70 bits per heavy atom. The van der Waals surface area contributed by atoms with Crippen molar-refractivity contribution < 1.29 is 9.47 Å². The van der Waals surface area contributed by atoms with Crippen LogP contribution in [0.25, 0.3) is 5.69 Å². The number of aromatic nitrogens is 2. The molecule has 4 rings (SSSR count). The Hall–Kier alpha value is -2.09. The molecule has 1 aromatic carbocycles. The van der Waals surface area contributed by atoms with Gasteiger partial charge in [0.2, 0.25) is 0 Å². The van der Waals surface area contributed by atoms with Crippen LogP contribution >= 0.6 is 11.6 Å². The second kappa shape index (κ2) is 9.81. The van der Waals surface area contributed by atoms with Crippen molar-refractivity contribution in [3.05, 3.63) is 45.8 Å². The van der Waals surface area contributed by atoms with Gasteiger partial charge in [-0.25, -0.2) is 0 Å². The lowest BCUT2D eigenvalue weighted by molar-refractivity contribution is 0.0595. The predicted molar refractivity (Wildman–Crippen MR) is 118 cm³/mol. The number of rotatable bonds is 6. The zero-order chi connectivity index (χ0) is 20.9. The number of ether oxygens (including phenoxy) is 2. The maximum absolute atomic E-state index is 12.7. The second-order valence-corrected chi connectivity index (χ2v) is 8.55. The summed E-state index contributed by atoms with van der Waals surface area (Å²) in [7, 11) is 2.13. The highest BCUT2D eigenvalue weighted by Crippen LogP contribution is 2.22. The first-order valence-corrected chi connectivity index (χ1v) is 11.0. The number of anilines is 1. The standard InChI is InChI=1S/C22H29ClN4O3/c1-26-10-8-19(9-11-26)30-18-6-4-17(5-7-18)27-22(28)21(23)20(14-25-27)24-13-16-3-2-12-29-15-16/h4-7,14,16,19,24H,2-3,8-13,15H2,1H3/t16-/m0/s1. The Morgan fingerprint density at radius 2 is 2.00 bits per heavy atom. The fourth-order valence-electron chi connectivity index (χ4n) is 3.92. The van der Waals surface area contributed by atoms with E-state index in [9.17, 15) is 4.79 Å². The molecule has 2 aliphatic rings. The molecule has 2 aliphatic heterocycles. The van der Waals surface area contributed by atoms with E-state index in [1.165, 1.54) is 4.68 Å². The average Bonchev–Trinajstić information content (AvgIpc) is 2.78. The molecule has 0 unspecified atom stereocenters. The van der Waals surface area contributed by atoms with Crippen LogP contribution in [0.15, 0.2) is 35.3 Å². The summed E-state index contributed by atoms with van der Waals surface area (Å²) in [4.78, 5) is 15.1. The van der Waals surface area contributed by atoms with Gasteiger partial charge in [-0.05, 0) is 62.9 Å². The lowest BCUT2D eigenvalue weighted by atomic mass is 10.0. The number of piperidine rings is 1. The van der Waals surface area contributed by atoms with Gasteiger partial charge in [0.15, 0.2) is 0 Å². The van der Waals surface area contributed by atoms with Gasteiger partial charge in [0.05, 0.1) is 24.2 Å². The molecule has 0 radical (unpaired) electrons. The van der Waals surface area contributed by atoms with Gasteiger partial charge in [0.1, 0.15) is 16.9 Å². The molecule has 7 nitrogen and oxygen atoms in total. The van der Waals surface area contributed by atoms with Crippen molar-refractivity contribution in [2.75, 3.05) is 45.2 Å². The number of nitrogens with one attached hydrogen (secondary N) is 1. The molecule has 162 valence electrons. The van der Waals surface area contributed by atoms with Gasteiger partial charge in [-0.15, -0.1) is 0 Å². The highest BCUT2D eigenvalue weighted by atomic mass is 35.5. The molecule has 1 atom stereocenters. The number of halogens is 1. The Bertz CT molecular complexity index is 888. The van der Waals surface area contributed by atoms with Gasteiger partial charge in [-0.2, -0.15) is 9.78 Å². The normalized spacial score (nSPS) is 20.8. The first kappa shape index (κ1) is 21.2. The van der Waals surface area contributed by atoms with Crippen molar-refractivity contribution in [1.29, 1.82) is 0 Å². The van der Waals surface area contributed by atoms with Crippen molar-refractivity contribution in [2.24, 2.45) is 5.92 Å². The maximum Gasteiger partial charge on any atom is 0.292 e. The van der Waals surface area contributed by atoms with E-state index >= 15 is 0 Å². The molecule has 0 spiro atoms. The summed E-state index contributed by atoms with van der Waals surface area (Å²) in [6.07, 6.45) is 6.07. The van der Waals surface area contributed by atoms with Crippen LogP contribution in [-0.2, 0) is 4.74 Å². The van der Waals surface area contributed by atoms with Crippen LogP contribution in [0.5, 0.6) is 5.75 Å². The van der Waals surface area contributed by atoms with Crippen LogP contribution in [0, 0.1) is 5.92 Å². The van der Waals surface area contributed by atoms with Crippen molar-refractivity contribution in [2.45, 2.75) is 31.8 Å². The van der Waals surface area contributed by atoms with E-state index in [1.807, 2.05) is 24.3 Å². The second-order valence-electron chi connectivity index (χ2n) is 8.17.